The third-order valence-electron chi connectivity index (χ3n) is 4.01. The fourth-order valence-electron chi connectivity index (χ4n) is 2.91. The van der Waals surface area contributed by atoms with E-state index in [1.807, 2.05) is 5.38 Å². The second kappa shape index (κ2) is 5.69. The van der Waals surface area contributed by atoms with Crippen molar-refractivity contribution in [3.63, 3.8) is 0 Å². The zero-order valence-electron chi connectivity index (χ0n) is 12.0. The summed E-state index contributed by atoms with van der Waals surface area (Å²) >= 11 is 1.34. The Hall–Kier alpha value is -1.93. The van der Waals surface area contributed by atoms with Gasteiger partial charge in [0, 0.05) is 12.6 Å². The van der Waals surface area contributed by atoms with Crippen LogP contribution in [0, 0.1) is 0 Å². The lowest BCUT2D eigenvalue weighted by Gasteiger charge is -2.35. The van der Waals surface area contributed by atoms with Gasteiger partial charge >= 0.3 is 0 Å². The number of aliphatic hydroxyl groups excluding tert-OH is 1. The molecule has 22 heavy (non-hydrogen) atoms. The molecule has 0 aliphatic carbocycles. The molecule has 2 aliphatic heterocycles. The Labute approximate surface area is 131 Å². The summed E-state index contributed by atoms with van der Waals surface area (Å²) in [6.45, 7) is 1.76. The molecule has 7 nitrogen and oxygen atoms in total. The van der Waals surface area contributed by atoms with Gasteiger partial charge in [0.25, 0.3) is 5.91 Å². The Morgan fingerprint density at radius 2 is 2.32 bits per heavy atom. The number of nitrogens with zero attached hydrogens (tertiary/aromatic N) is 1. The normalized spacial score (nSPS) is 29.0. The molecule has 0 aromatic carbocycles. The Kier molecular flexibility index (Phi) is 3.88. The number of amides is 3. The molecule has 1 aromatic rings. The third-order valence-corrected chi connectivity index (χ3v) is 4.88. The molecule has 3 heterocycles. The molecule has 0 bridgehead atoms. The number of fused-ring (bicyclic) bond motifs is 1. The maximum Gasteiger partial charge on any atom is 0.261 e. The van der Waals surface area contributed by atoms with Crippen LogP contribution >= 0.6 is 11.3 Å². The first kappa shape index (κ1) is 15.0. The highest BCUT2D eigenvalue weighted by Crippen LogP contribution is 2.24. The standard InChI is InChI=1S/C14H17N3O4S/c1-7(18)11-14(21)17-6-8(5-9(17)12(19)16-11)15-13(20)10-3-2-4-22-10/h2-4,7-9,11,18H,5-6H2,1H3,(H,15,20)(H,16,19)/t7-,8-,9-,11+/m0/s1. The molecule has 0 unspecified atom stereocenters. The SMILES string of the molecule is C[C@H](O)[C@H]1NC(=O)[C@@H]2C[C@H](NC(=O)c3cccs3)CN2C1=O. The smallest absolute Gasteiger partial charge is 0.261 e. The van der Waals surface area contributed by atoms with E-state index in [1.165, 1.54) is 23.2 Å². The van der Waals surface area contributed by atoms with E-state index in [0.29, 0.717) is 11.3 Å². The summed E-state index contributed by atoms with van der Waals surface area (Å²) in [4.78, 5) is 38.5. The van der Waals surface area contributed by atoms with Gasteiger partial charge in [-0.05, 0) is 24.8 Å². The lowest BCUT2D eigenvalue weighted by atomic mass is 10.0. The quantitative estimate of drug-likeness (QED) is 0.687. The van der Waals surface area contributed by atoms with Gasteiger partial charge in [0.15, 0.2) is 0 Å². The largest absolute Gasteiger partial charge is 0.391 e. The van der Waals surface area contributed by atoms with Crippen LogP contribution in [-0.2, 0) is 9.59 Å². The van der Waals surface area contributed by atoms with Gasteiger partial charge in [0.1, 0.15) is 12.1 Å². The zero-order valence-corrected chi connectivity index (χ0v) is 12.8. The predicted octanol–water partition coefficient (Wildman–Crippen LogP) is -0.673. The first-order valence-corrected chi connectivity index (χ1v) is 7.98. The highest BCUT2D eigenvalue weighted by atomic mass is 32.1. The van der Waals surface area contributed by atoms with Gasteiger partial charge in [-0.15, -0.1) is 11.3 Å². The minimum Gasteiger partial charge on any atom is -0.391 e. The molecule has 2 aliphatic rings. The summed E-state index contributed by atoms with van der Waals surface area (Å²) in [5.74, 6) is -0.773. The monoisotopic (exact) mass is 323 g/mol. The van der Waals surface area contributed by atoms with Crippen LogP contribution in [0.25, 0.3) is 0 Å². The number of carbonyl (C=O) groups is 3. The van der Waals surface area contributed by atoms with E-state index < -0.39 is 18.2 Å². The van der Waals surface area contributed by atoms with Gasteiger partial charge in [-0.2, -0.15) is 0 Å². The van der Waals surface area contributed by atoms with Gasteiger partial charge < -0.3 is 20.6 Å². The summed E-state index contributed by atoms with van der Waals surface area (Å²) < 4.78 is 0. The molecule has 2 saturated heterocycles. The molecule has 2 fully saturated rings. The summed E-state index contributed by atoms with van der Waals surface area (Å²) in [6, 6.07) is 1.78. The molecule has 118 valence electrons. The lowest BCUT2D eigenvalue weighted by Crippen LogP contribution is -2.64. The van der Waals surface area contributed by atoms with E-state index in [2.05, 4.69) is 10.6 Å². The second-order valence-corrected chi connectivity index (χ2v) is 6.56. The van der Waals surface area contributed by atoms with Crippen molar-refractivity contribution >= 4 is 29.1 Å². The number of thiophene rings is 1. The van der Waals surface area contributed by atoms with Crippen LogP contribution in [0.5, 0.6) is 0 Å². The molecule has 3 N–H and O–H groups in total. The van der Waals surface area contributed by atoms with Crippen LogP contribution in [0.3, 0.4) is 0 Å². The van der Waals surface area contributed by atoms with Gasteiger partial charge in [-0.1, -0.05) is 6.07 Å². The van der Waals surface area contributed by atoms with Crippen LogP contribution in [0.1, 0.15) is 23.0 Å². The number of hydrogen-bond acceptors (Lipinski definition) is 5. The summed E-state index contributed by atoms with van der Waals surface area (Å²) in [7, 11) is 0. The number of rotatable bonds is 3. The average Bonchev–Trinajstić information content (AvgIpc) is 3.11. The van der Waals surface area contributed by atoms with Gasteiger partial charge in [-0.25, -0.2) is 0 Å². The Balaban J connectivity index is 1.69. The van der Waals surface area contributed by atoms with Crippen molar-refractivity contribution in [3.05, 3.63) is 22.4 Å². The second-order valence-electron chi connectivity index (χ2n) is 5.62. The van der Waals surface area contributed by atoms with Crippen LogP contribution in [0.4, 0.5) is 0 Å². The van der Waals surface area contributed by atoms with Gasteiger partial charge in [0.2, 0.25) is 11.8 Å². The molecule has 0 radical (unpaired) electrons. The maximum absolute atomic E-state index is 12.3. The summed E-state index contributed by atoms with van der Waals surface area (Å²) in [5, 5.41) is 16.8. The van der Waals surface area contributed by atoms with Crippen molar-refractivity contribution in [2.45, 2.75) is 37.6 Å². The number of piperazine rings is 1. The minimum atomic E-state index is -0.947. The fraction of sp³-hybridized carbons (Fsp3) is 0.500. The number of hydrogen-bond donors (Lipinski definition) is 3. The fourth-order valence-corrected chi connectivity index (χ4v) is 3.54. The molecule has 3 rings (SSSR count). The van der Waals surface area contributed by atoms with E-state index in [-0.39, 0.29) is 30.3 Å². The molecule has 1 aromatic heterocycles. The molecular weight excluding hydrogens is 306 g/mol. The van der Waals surface area contributed by atoms with Crippen molar-refractivity contribution in [1.29, 1.82) is 0 Å². The van der Waals surface area contributed by atoms with E-state index in [1.54, 1.807) is 12.1 Å². The van der Waals surface area contributed by atoms with E-state index in [4.69, 9.17) is 0 Å². The topological polar surface area (TPSA) is 98.7 Å². The van der Waals surface area contributed by atoms with Crippen molar-refractivity contribution in [3.8, 4) is 0 Å². The number of nitrogens with one attached hydrogen (secondary N) is 2. The van der Waals surface area contributed by atoms with Crippen LogP contribution in [-0.4, -0.2) is 58.5 Å². The summed E-state index contributed by atoms with van der Waals surface area (Å²) in [6.07, 6.45) is -0.557. The predicted molar refractivity (Wildman–Crippen MR) is 79.3 cm³/mol. The maximum atomic E-state index is 12.3. The van der Waals surface area contributed by atoms with E-state index >= 15 is 0 Å². The molecular formula is C14H17N3O4S. The Morgan fingerprint density at radius 3 is 2.95 bits per heavy atom. The van der Waals surface area contributed by atoms with Crippen molar-refractivity contribution in [2.24, 2.45) is 0 Å². The molecule has 0 saturated carbocycles. The molecule has 8 heteroatoms. The molecule has 0 spiro atoms. The Morgan fingerprint density at radius 1 is 1.55 bits per heavy atom. The van der Waals surface area contributed by atoms with Gasteiger partial charge in [-0.3, -0.25) is 14.4 Å². The molecule has 4 atom stereocenters. The van der Waals surface area contributed by atoms with E-state index in [9.17, 15) is 19.5 Å². The van der Waals surface area contributed by atoms with Crippen molar-refractivity contribution in [1.82, 2.24) is 15.5 Å². The first-order valence-electron chi connectivity index (χ1n) is 7.10. The minimum absolute atomic E-state index is 0.195. The lowest BCUT2D eigenvalue weighted by molar-refractivity contribution is -0.149. The first-order chi connectivity index (χ1) is 10.5. The van der Waals surface area contributed by atoms with Gasteiger partial charge in [0.05, 0.1) is 11.0 Å². The number of aliphatic hydroxyl groups is 1. The van der Waals surface area contributed by atoms with Crippen molar-refractivity contribution in [2.75, 3.05) is 6.54 Å². The van der Waals surface area contributed by atoms with E-state index in [0.717, 1.165) is 0 Å². The van der Waals surface area contributed by atoms with Crippen LogP contribution in [0.2, 0.25) is 0 Å². The Bertz CT molecular complexity index is 601. The summed E-state index contributed by atoms with van der Waals surface area (Å²) in [5.41, 5.74) is 0. The molecule has 3 amide bonds. The zero-order chi connectivity index (χ0) is 15.9. The third kappa shape index (κ3) is 2.59. The highest BCUT2D eigenvalue weighted by Gasteiger charge is 2.47. The van der Waals surface area contributed by atoms with Crippen molar-refractivity contribution < 1.29 is 19.5 Å². The number of carbonyl (C=O) groups excluding carboxylic acids is 3. The van der Waals surface area contributed by atoms with Crippen LogP contribution in [0.15, 0.2) is 17.5 Å². The van der Waals surface area contributed by atoms with Crippen LogP contribution < -0.4 is 10.6 Å². The highest BCUT2D eigenvalue weighted by molar-refractivity contribution is 7.12. The average molecular weight is 323 g/mol.